The second-order valence-electron chi connectivity index (χ2n) is 8.33. The molecule has 3 aromatic rings. The highest BCUT2D eigenvalue weighted by atomic mass is 16.1. The zero-order valence-corrected chi connectivity index (χ0v) is 18.7. The van der Waals surface area contributed by atoms with Crippen LogP contribution in [-0.2, 0) is 11.2 Å². The number of aryl methyl sites for hydroxylation is 2. The Labute approximate surface area is 190 Å². The van der Waals surface area contributed by atoms with Gasteiger partial charge in [0.05, 0.1) is 0 Å². The van der Waals surface area contributed by atoms with Crippen LogP contribution in [0.2, 0.25) is 0 Å². The van der Waals surface area contributed by atoms with Crippen LogP contribution in [0.3, 0.4) is 0 Å². The summed E-state index contributed by atoms with van der Waals surface area (Å²) in [4.78, 5) is 23.9. The maximum Gasteiger partial charge on any atom is 0.227 e. The van der Waals surface area contributed by atoms with Gasteiger partial charge in [-0.15, -0.1) is 0 Å². The van der Waals surface area contributed by atoms with Crippen molar-refractivity contribution in [1.82, 2.24) is 9.97 Å². The summed E-state index contributed by atoms with van der Waals surface area (Å²) in [6.07, 6.45) is 5.92. The average Bonchev–Trinajstić information content (AvgIpc) is 2.81. The number of carbonyl (C=O) groups excluding carboxylic acids is 1. The van der Waals surface area contributed by atoms with Crippen LogP contribution in [-0.4, -0.2) is 29.0 Å². The molecule has 1 aliphatic heterocycles. The summed E-state index contributed by atoms with van der Waals surface area (Å²) in [5, 5.41) is 6.35. The van der Waals surface area contributed by atoms with E-state index in [1.807, 2.05) is 55.5 Å². The van der Waals surface area contributed by atoms with Crippen molar-refractivity contribution in [3.05, 3.63) is 71.9 Å². The first-order chi connectivity index (χ1) is 15.7. The first-order valence-corrected chi connectivity index (χ1v) is 11.5. The van der Waals surface area contributed by atoms with Gasteiger partial charge in [-0.3, -0.25) is 4.79 Å². The minimum absolute atomic E-state index is 0.0410. The lowest BCUT2D eigenvalue weighted by Crippen LogP contribution is -2.31. The normalized spacial score (nSPS) is 13.6. The molecule has 2 N–H and O–H groups in total. The maximum atomic E-state index is 12.3. The molecule has 166 valence electrons. The molecular formula is C26H31N5O. The molecule has 0 atom stereocenters. The standard InChI is InChI=1S/C26H31N5O/c1-20-19-24(30-26(27-20)31-17-6-3-7-18-31)28-22-13-15-23(16-14-22)29-25(32)12-8-11-21-9-4-2-5-10-21/h2,4-5,9-10,13-16,19H,3,6-8,11-12,17-18H2,1H3,(H,29,32)(H,27,28,30). The van der Waals surface area contributed by atoms with Gasteiger partial charge in [-0.2, -0.15) is 4.98 Å². The minimum Gasteiger partial charge on any atom is -0.341 e. The van der Waals surface area contributed by atoms with Crippen molar-refractivity contribution in [3.63, 3.8) is 0 Å². The van der Waals surface area contributed by atoms with E-state index in [1.54, 1.807) is 0 Å². The molecule has 0 aliphatic carbocycles. The summed E-state index contributed by atoms with van der Waals surface area (Å²) in [6, 6.07) is 20.0. The molecule has 1 amide bonds. The Morgan fingerprint density at radius 1 is 0.938 bits per heavy atom. The molecular weight excluding hydrogens is 398 g/mol. The topological polar surface area (TPSA) is 70.2 Å². The van der Waals surface area contributed by atoms with E-state index in [1.165, 1.54) is 24.8 Å². The third-order valence-corrected chi connectivity index (χ3v) is 5.63. The summed E-state index contributed by atoms with van der Waals surface area (Å²) in [5.74, 6) is 1.63. The summed E-state index contributed by atoms with van der Waals surface area (Å²) in [5.41, 5.74) is 3.93. The van der Waals surface area contributed by atoms with Gasteiger partial charge in [0.25, 0.3) is 0 Å². The van der Waals surface area contributed by atoms with Crippen molar-refractivity contribution in [2.24, 2.45) is 0 Å². The lowest BCUT2D eigenvalue weighted by molar-refractivity contribution is -0.116. The van der Waals surface area contributed by atoms with Crippen molar-refractivity contribution in [2.45, 2.75) is 45.4 Å². The van der Waals surface area contributed by atoms with E-state index in [4.69, 9.17) is 4.98 Å². The van der Waals surface area contributed by atoms with Crippen LogP contribution in [0.25, 0.3) is 0 Å². The van der Waals surface area contributed by atoms with Crippen molar-refractivity contribution >= 4 is 29.0 Å². The third-order valence-electron chi connectivity index (χ3n) is 5.63. The molecule has 0 radical (unpaired) electrons. The van der Waals surface area contributed by atoms with Crippen LogP contribution >= 0.6 is 0 Å². The number of nitrogens with one attached hydrogen (secondary N) is 2. The second kappa shape index (κ2) is 10.8. The molecule has 6 nitrogen and oxygen atoms in total. The number of amides is 1. The molecule has 2 aromatic carbocycles. The number of aromatic nitrogens is 2. The largest absolute Gasteiger partial charge is 0.341 e. The smallest absolute Gasteiger partial charge is 0.227 e. The number of rotatable bonds is 8. The van der Waals surface area contributed by atoms with Gasteiger partial charge >= 0.3 is 0 Å². The molecule has 1 aromatic heterocycles. The Morgan fingerprint density at radius 2 is 1.66 bits per heavy atom. The lowest BCUT2D eigenvalue weighted by atomic mass is 10.1. The van der Waals surface area contributed by atoms with Crippen LogP contribution in [0.1, 0.15) is 43.4 Å². The fraction of sp³-hybridized carbons (Fsp3) is 0.346. The summed E-state index contributed by atoms with van der Waals surface area (Å²) < 4.78 is 0. The Morgan fingerprint density at radius 3 is 2.41 bits per heavy atom. The van der Waals surface area contributed by atoms with Gasteiger partial charge in [0.1, 0.15) is 5.82 Å². The quantitative estimate of drug-likeness (QED) is 0.496. The molecule has 1 fully saturated rings. The number of nitrogens with zero attached hydrogens (tertiary/aromatic N) is 3. The average molecular weight is 430 g/mol. The van der Waals surface area contributed by atoms with E-state index in [-0.39, 0.29) is 5.91 Å². The number of benzene rings is 2. The van der Waals surface area contributed by atoms with Crippen molar-refractivity contribution < 1.29 is 4.79 Å². The van der Waals surface area contributed by atoms with Crippen LogP contribution in [0, 0.1) is 6.92 Å². The monoisotopic (exact) mass is 429 g/mol. The van der Waals surface area contributed by atoms with Gasteiger partial charge in [0.2, 0.25) is 11.9 Å². The van der Waals surface area contributed by atoms with E-state index in [2.05, 4.69) is 32.7 Å². The molecule has 2 heterocycles. The van der Waals surface area contributed by atoms with Gasteiger partial charge < -0.3 is 15.5 Å². The van der Waals surface area contributed by atoms with Gasteiger partial charge in [-0.25, -0.2) is 4.98 Å². The molecule has 6 heteroatoms. The zero-order valence-electron chi connectivity index (χ0n) is 18.7. The number of anilines is 4. The van der Waals surface area contributed by atoms with E-state index in [0.717, 1.165) is 54.8 Å². The highest BCUT2D eigenvalue weighted by Gasteiger charge is 2.14. The summed E-state index contributed by atoms with van der Waals surface area (Å²) in [6.45, 7) is 4.03. The minimum atomic E-state index is 0.0410. The van der Waals surface area contributed by atoms with E-state index in [0.29, 0.717) is 6.42 Å². The van der Waals surface area contributed by atoms with Gasteiger partial charge in [-0.05, 0) is 68.9 Å². The van der Waals surface area contributed by atoms with Gasteiger partial charge in [0.15, 0.2) is 0 Å². The van der Waals surface area contributed by atoms with Crippen molar-refractivity contribution in [2.75, 3.05) is 28.6 Å². The Hall–Kier alpha value is -3.41. The summed E-state index contributed by atoms with van der Waals surface area (Å²) in [7, 11) is 0. The van der Waals surface area contributed by atoms with Gasteiger partial charge in [0, 0.05) is 42.6 Å². The first kappa shape index (κ1) is 21.8. The Balaban J connectivity index is 1.30. The van der Waals surface area contributed by atoms with Crippen molar-refractivity contribution in [1.29, 1.82) is 0 Å². The lowest BCUT2D eigenvalue weighted by Gasteiger charge is -2.27. The number of carbonyl (C=O) groups is 1. The molecule has 1 aliphatic rings. The molecule has 4 rings (SSSR count). The fourth-order valence-corrected chi connectivity index (χ4v) is 3.96. The summed E-state index contributed by atoms with van der Waals surface area (Å²) >= 11 is 0. The molecule has 32 heavy (non-hydrogen) atoms. The molecule has 0 saturated carbocycles. The predicted molar refractivity (Wildman–Crippen MR) is 131 cm³/mol. The van der Waals surface area contributed by atoms with E-state index >= 15 is 0 Å². The maximum absolute atomic E-state index is 12.3. The molecule has 1 saturated heterocycles. The number of piperidine rings is 1. The number of hydrogen-bond acceptors (Lipinski definition) is 5. The first-order valence-electron chi connectivity index (χ1n) is 11.5. The van der Waals surface area contributed by atoms with Crippen LogP contribution < -0.4 is 15.5 Å². The highest BCUT2D eigenvalue weighted by Crippen LogP contribution is 2.22. The van der Waals surface area contributed by atoms with E-state index < -0.39 is 0 Å². The van der Waals surface area contributed by atoms with Crippen LogP contribution in [0.4, 0.5) is 23.1 Å². The Bertz CT molecular complexity index is 1010. The molecule has 0 spiro atoms. The zero-order chi connectivity index (χ0) is 22.2. The van der Waals surface area contributed by atoms with Crippen molar-refractivity contribution in [3.8, 4) is 0 Å². The predicted octanol–water partition coefficient (Wildman–Crippen LogP) is 5.48. The number of hydrogen-bond donors (Lipinski definition) is 2. The van der Waals surface area contributed by atoms with Crippen LogP contribution in [0.15, 0.2) is 60.7 Å². The SMILES string of the molecule is Cc1cc(Nc2ccc(NC(=O)CCCc3ccccc3)cc2)nc(N2CCCCC2)n1. The highest BCUT2D eigenvalue weighted by molar-refractivity contribution is 5.90. The third kappa shape index (κ3) is 6.30. The van der Waals surface area contributed by atoms with Gasteiger partial charge in [-0.1, -0.05) is 30.3 Å². The second-order valence-corrected chi connectivity index (χ2v) is 8.33. The molecule has 0 bridgehead atoms. The fourth-order valence-electron chi connectivity index (χ4n) is 3.96. The Kier molecular flexibility index (Phi) is 7.33. The molecule has 0 unspecified atom stereocenters. The van der Waals surface area contributed by atoms with E-state index in [9.17, 15) is 4.79 Å². The van der Waals surface area contributed by atoms with Crippen LogP contribution in [0.5, 0.6) is 0 Å².